The Hall–Kier alpha value is -0.890. The fraction of sp³-hybridized carbons (Fsp3) is 0.444. The van der Waals surface area contributed by atoms with Crippen LogP contribution < -0.4 is 5.73 Å². The van der Waals surface area contributed by atoms with Crippen molar-refractivity contribution in [2.45, 2.75) is 19.4 Å². The number of thiazole rings is 1. The third-order valence-electron chi connectivity index (χ3n) is 4.63. The molecule has 1 aliphatic rings. The molecular formula is C18H25Cl3N4OS. The van der Waals surface area contributed by atoms with Crippen molar-refractivity contribution < 1.29 is 4.79 Å². The van der Waals surface area contributed by atoms with Crippen molar-refractivity contribution in [1.82, 2.24) is 14.8 Å². The van der Waals surface area contributed by atoms with Crippen LogP contribution in [0.15, 0.2) is 29.6 Å². The first-order valence-electron chi connectivity index (χ1n) is 8.51. The molecule has 1 fully saturated rings. The molecule has 0 aliphatic carbocycles. The summed E-state index contributed by atoms with van der Waals surface area (Å²) in [6.45, 7) is 5.91. The number of carbonyl (C=O) groups excluding carboxylic acids is 1. The van der Waals surface area contributed by atoms with Gasteiger partial charge in [-0.2, -0.15) is 0 Å². The number of nitrogens with two attached hydrogens (primary N) is 1. The van der Waals surface area contributed by atoms with E-state index in [1.165, 1.54) is 16.9 Å². The quantitative estimate of drug-likeness (QED) is 0.753. The van der Waals surface area contributed by atoms with Crippen LogP contribution in [-0.4, -0.2) is 53.4 Å². The highest BCUT2D eigenvalue weighted by Gasteiger charge is 2.26. The molecule has 0 saturated carbocycles. The SMILES string of the molecule is CC(c1ccc(Cl)cc1)N1CCN(C(=O)c2csc(CCN)n2)CC1.Cl.Cl. The van der Waals surface area contributed by atoms with Gasteiger partial charge in [0.2, 0.25) is 0 Å². The molecule has 1 unspecified atom stereocenters. The van der Waals surface area contributed by atoms with Gasteiger partial charge in [-0.3, -0.25) is 9.69 Å². The molecule has 0 spiro atoms. The van der Waals surface area contributed by atoms with Crippen LogP contribution in [0.3, 0.4) is 0 Å². The van der Waals surface area contributed by atoms with E-state index in [1.807, 2.05) is 22.4 Å². The second-order valence-electron chi connectivity index (χ2n) is 6.22. The van der Waals surface area contributed by atoms with Gasteiger partial charge in [0.15, 0.2) is 0 Å². The van der Waals surface area contributed by atoms with Crippen molar-refractivity contribution in [3.63, 3.8) is 0 Å². The summed E-state index contributed by atoms with van der Waals surface area (Å²) >= 11 is 7.48. The molecule has 0 bridgehead atoms. The lowest BCUT2D eigenvalue weighted by molar-refractivity contribution is 0.0577. The molecule has 1 aromatic carbocycles. The lowest BCUT2D eigenvalue weighted by Gasteiger charge is -2.38. The van der Waals surface area contributed by atoms with Crippen LogP contribution in [0.1, 0.15) is 34.0 Å². The zero-order chi connectivity index (χ0) is 17.8. The number of hydrogen-bond donors (Lipinski definition) is 1. The van der Waals surface area contributed by atoms with Crippen LogP contribution in [0.2, 0.25) is 5.02 Å². The number of hydrogen-bond acceptors (Lipinski definition) is 5. The Morgan fingerprint density at radius 3 is 2.44 bits per heavy atom. The van der Waals surface area contributed by atoms with Crippen molar-refractivity contribution in [1.29, 1.82) is 0 Å². The normalized spacial score (nSPS) is 15.6. The molecule has 3 rings (SSSR count). The monoisotopic (exact) mass is 450 g/mol. The topological polar surface area (TPSA) is 62.5 Å². The maximum atomic E-state index is 12.6. The molecule has 1 aromatic heterocycles. The fourth-order valence-corrected chi connectivity index (χ4v) is 3.99. The van der Waals surface area contributed by atoms with Gasteiger partial charge >= 0.3 is 0 Å². The maximum Gasteiger partial charge on any atom is 0.273 e. The number of piperazine rings is 1. The van der Waals surface area contributed by atoms with Gasteiger partial charge in [-0.05, 0) is 31.2 Å². The Bertz CT molecular complexity index is 718. The first kappa shape index (κ1) is 24.1. The predicted octanol–water partition coefficient (Wildman–Crippen LogP) is 3.66. The van der Waals surface area contributed by atoms with E-state index >= 15 is 0 Å². The molecule has 0 radical (unpaired) electrons. The molecule has 150 valence electrons. The molecule has 2 heterocycles. The minimum Gasteiger partial charge on any atom is -0.335 e. The van der Waals surface area contributed by atoms with E-state index in [1.54, 1.807) is 0 Å². The van der Waals surface area contributed by atoms with Crippen molar-refractivity contribution in [2.24, 2.45) is 5.73 Å². The molecule has 5 nitrogen and oxygen atoms in total. The van der Waals surface area contributed by atoms with Crippen LogP contribution in [0.4, 0.5) is 0 Å². The molecule has 1 aliphatic heterocycles. The first-order chi connectivity index (χ1) is 12.1. The van der Waals surface area contributed by atoms with Gasteiger partial charge in [0.05, 0.1) is 5.01 Å². The largest absolute Gasteiger partial charge is 0.335 e. The van der Waals surface area contributed by atoms with Crippen LogP contribution in [0.5, 0.6) is 0 Å². The van der Waals surface area contributed by atoms with Crippen molar-refractivity contribution >= 4 is 53.7 Å². The fourth-order valence-electron chi connectivity index (χ4n) is 3.07. The highest BCUT2D eigenvalue weighted by Crippen LogP contribution is 2.23. The van der Waals surface area contributed by atoms with E-state index in [4.69, 9.17) is 17.3 Å². The number of halogens is 3. The van der Waals surface area contributed by atoms with Crippen LogP contribution in [0.25, 0.3) is 0 Å². The van der Waals surface area contributed by atoms with E-state index in [9.17, 15) is 4.79 Å². The van der Waals surface area contributed by atoms with Gasteiger partial charge in [-0.15, -0.1) is 36.2 Å². The van der Waals surface area contributed by atoms with E-state index < -0.39 is 0 Å². The molecule has 9 heteroatoms. The van der Waals surface area contributed by atoms with Gasteiger partial charge in [-0.25, -0.2) is 4.98 Å². The van der Waals surface area contributed by atoms with Crippen molar-refractivity contribution in [3.8, 4) is 0 Å². The van der Waals surface area contributed by atoms with Crippen molar-refractivity contribution in [2.75, 3.05) is 32.7 Å². The van der Waals surface area contributed by atoms with E-state index in [0.29, 0.717) is 18.3 Å². The van der Waals surface area contributed by atoms with Gasteiger partial charge < -0.3 is 10.6 Å². The summed E-state index contributed by atoms with van der Waals surface area (Å²) in [5, 5.41) is 3.53. The van der Waals surface area contributed by atoms with Crippen LogP contribution in [0, 0.1) is 0 Å². The first-order valence-corrected chi connectivity index (χ1v) is 9.77. The average molecular weight is 452 g/mol. The van der Waals surface area contributed by atoms with E-state index in [-0.39, 0.29) is 30.7 Å². The van der Waals surface area contributed by atoms with Gasteiger partial charge in [0.25, 0.3) is 5.91 Å². The molecule has 1 saturated heterocycles. The summed E-state index contributed by atoms with van der Waals surface area (Å²) < 4.78 is 0. The number of amides is 1. The maximum absolute atomic E-state index is 12.6. The Labute approximate surface area is 181 Å². The number of aromatic nitrogens is 1. The van der Waals surface area contributed by atoms with E-state index in [0.717, 1.165) is 42.6 Å². The van der Waals surface area contributed by atoms with Gasteiger partial charge in [0, 0.05) is 49.0 Å². The Balaban J connectivity index is 0.00000182. The summed E-state index contributed by atoms with van der Waals surface area (Å²) in [6, 6.07) is 8.30. The number of carbonyl (C=O) groups is 1. The molecule has 27 heavy (non-hydrogen) atoms. The average Bonchev–Trinajstić information content (AvgIpc) is 3.10. The van der Waals surface area contributed by atoms with Crippen LogP contribution >= 0.6 is 47.8 Å². The molecule has 2 aromatic rings. The minimum absolute atomic E-state index is 0. The summed E-state index contributed by atoms with van der Waals surface area (Å²) in [6.07, 6.45) is 0.727. The Morgan fingerprint density at radius 1 is 1.22 bits per heavy atom. The predicted molar refractivity (Wildman–Crippen MR) is 117 cm³/mol. The molecule has 1 atom stereocenters. The molecule has 2 N–H and O–H groups in total. The number of rotatable bonds is 5. The zero-order valence-electron chi connectivity index (χ0n) is 15.1. The summed E-state index contributed by atoms with van der Waals surface area (Å²) in [7, 11) is 0. The Kier molecular flexibility index (Phi) is 10.0. The summed E-state index contributed by atoms with van der Waals surface area (Å²) in [5.41, 5.74) is 7.34. The second kappa shape index (κ2) is 11.2. The number of nitrogens with zero attached hydrogens (tertiary/aromatic N) is 3. The number of benzene rings is 1. The van der Waals surface area contributed by atoms with E-state index in [2.05, 4.69) is 28.9 Å². The minimum atomic E-state index is 0. The lowest BCUT2D eigenvalue weighted by Crippen LogP contribution is -2.49. The highest BCUT2D eigenvalue weighted by molar-refractivity contribution is 7.09. The van der Waals surface area contributed by atoms with Crippen molar-refractivity contribution in [3.05, 3.63) is 50.9 Å². The highest BCUT2D eigenvalue weighted by atomic mass is 35.5. The molecule has 1 amide bonds. The van der Waals surface area contributed by atoms with Crippen LogP contribution in [-0.2, 0) is 6.42 Å². The summed E-state index contributed by atoms with van der Waals surface area (Å²) in [4.78, 5) is 21.3. The lowest BCUT2D eigenvalue weighted by atomic mass is 10.1. The smallest absolute Gasteiger partial charge is 0.273 e. The zero-order valence-corrected chi connectivity index (χ0v) is 18.3. The molecular weight excluding hydrogens is 427 g/mol. The third-order valence-corrected chi connectivity index (χ3v) is 5.79. The van der Waals surface area contributed by atoms with Gasteiger partial charge in [0.1, 0.15) is 5.69 Å². The third kappa shape index (κ3) is 6.04. The standard InChI is InChI=1S/C18H23ClN4OS.2ClH/c1-13(14-2-4-15(19)5-3-14)22-8-10-23(11-9-22)18(24)16-12-25-17(21-16)6-7-20;;/h2-5,12-13H,6-11,20H2,1H3;2*1H. The second-order valence-corrected chi connectivity index (χ2v) is 7.60. The van der Waals surface area contributed by atoms with Gasteiger partial charge in [-0.1, -0.05) is 23.7 Å². The summed E-state index contributed by atoms with van der Waals surface area (Å²) in [5.74, 6) is 0.0262. The Morgan fingerprint density at radius 2 is 1.85 bits per heavy atom.